The van der Waals surface area contributed by atoms with E-state index in [9.17, 15) is 4.79 Å². The van der Waals surface area contributed by atoms with Crippen LogP contribution in [0.3, 0.4) is 0 Å². The number of thiol groups is 1. The first-order valence-electron chi connectivity index (χ1n) is 9.89. The van der Waals surface area contributed by atoms with E-state index >= 15 is 0 Å². The summed E-state index contributed by atoms with van der Waals surface area (Å²) in [4.78, 5) is 11.6. The highest BCUT2D eigenvalue weighted by molar-refractivity contribution is 8.13. The van der Waals surface area contributed by atoms with E-state index in [0.29, 0.717) is 11.5 Å². The molecule has 27 heavy (non-hydrogen) atoms. The van der Waals surface area contributed by atoms with E-state index < -0.39 is 6.04 Å². The van der Waals surface area contributed by atoms with Gasteiger partial charge in [0.25, 0.3) is 0 Å². The Morgan fingerprint density at radius 3 is 1.74 bits per heavy atom. The van der Waals surface area contributed by atoms with Crippen LogP contribution in [0.2, 0.25) is 0 Å². The van der Waals surface area contributed by atoms with E-state index in [1.54, 1.807) is 0 Å². The topological polar surface area (TPSA) is 43.1 Å². The summed E-state index contributed by atoms with van der Waals surface area (Å²) in [6, 6.07) is -0.456. The molecule has 0 radical (unpaired) electrons. The lowest BCUT2D eigenvalue weighted by atomic mass is 10.0. The molecule has 0 heterocycles. The summed E-state index contributed by atoms with van der Waals surface area (Å²) >= 11 is 5.34. The minimum atomic E-state index is -0.456. The smallest absolute Gasteiger partial charge is 0.206 e. The van der Waals surface area contributed by atoms with Crippen LogP contribution in [0, 0.1) is 0 Å². The number of hydrogen-bond donors (Lipinski definition) is 2. The van der Waals surface area contributed by atoms with Gasteiger partial charge < -0.3 is 5.73 Å². The van der Waals surface area contributed by atoms with Gasteiger partial charge in [-0.15, -0.1) is 0 Å². The van der Waals surface area contributed by atoms with Gasteiger partial charge in [0.15, 0.2) is 0 Å². The molecule has 0 aromatic carbocycles. The van der Waals surface area contributed by atoms with Crippen LogP contribution in [0.5, 0.6) is 0 Å². The Kier molecular flexibility index (Phi) is 15.8. The highest BCUT2D eigenvalue weighted by Crippen LogP contribution is 2.14. The second-order valence-corrected chi connectivity index (χ2v) is 8.86. The molecule has 0 amide bonds. The van der Waals surface area contributed by atoms with Gasteiger partial charge in [0.1, 0.15) is 0 Å². The molecule has 0 unspecified atom stereocenters. The summed E-state index contributed by atoms with van der Waals surface area (Å²) < 4.78 is 0. The van der Waals surface area contributed by atoms with Crippen molar-refractivity contribution in [1.82, 2.24) is 0 Å². The molecule has 1 atom stereocenters. The average Bonchev–Trinajstić information content (AvgIpc) is 2.60. The van der Waals surface area contributed by atoms with Gasteiger partial charge in [-0.05, 0) is 73.1 Å². The molecule has 0 bridgehead atoms. The lowest BCUT2D eigenvalue weighted by Crippen LogP contribution is -2.30. The Morgan fingerprint density at radius 2 is 1.30 bits per heavy atom. The van der Waals surface area contributed by atoms with Crippen LogP contribution in [-0.4, -0.2) is 22.7 Å². The van der Waals surface area contributed by atoms with E-state index in [1.807, 2.05) is 0 Å². The zero-order valence-electron chi connectivity index (χ0n) is 17.9. The van der Waals surface area contributed by atoms with Crippen LogP contribution in [0.25, 0.3) is 0 Å². The molecule has 2 nitrogen and oxygen atoms in total. The molecule has 0 fully saturated rings. The maximum Gasteiger partial charge on any atom is 0.206 e. The zero-order chi connectivity index (χ0) is 20.7. The van der Waals surface area contributed by atoms with Crippen molar-refractivity contribution < 1.29 is 4.79 Å². The highest BCUT2D eigenvalue weighted by atomic mass is 32.2. The lowest BCUT2D eigenvalue weighted by molar-refractivity contribution is -0.111. The molecule has 0 aromatic rings. The molecule has 4 heteroatoms. The predicted molar refractivity (Wildman–Crippen MR) is 128 cm³/mol. The molecule has 0 saturated carbocycles. The number of thioether (sulfide) groups is 1. The molecule has 0 spiro atoms. The lowest BCUT2D eigenvalue weighted by Gasteiger charge is -2.05. The Labute approximate surface area is 177 Å². The van der Waals surface area contributed by atoms with Crippen LogP contribution < -0.4 is 5.73 Å². The number of carbonyl (C=O) groups excluding carboxylic acids is 1. The number of allylic oxidation sites excluding steroid dienone is 7. The molecular weight excluding hydrogens is 370 g/mol. The van der Waals surface area contributed by atoms with Gasteiger partial charge in [0.05, 0.1) is 6.04 Å². The van der Waals surface area contributed by atoms with Crippen LogP contribution in [0.4, 0.5) is 0 Å². The molecule has 154 valence electrons. The summed E-state index contributed by atoms with van der Waals surface area (Å²) in [5.74, 6) is 1.11. The second kappa shape index (κ2) is 16.3. The van der Waals surface area contributed by atoms with Gasteiger partial charge in [0.2, 0.25) is 5.12 Å². The Morgan fingerprint density at radius 1 is 0.852 bits per heavy atom. The number of carbonyl (C=O) groups is 1. The van der Waals surface area contributed by atoms with Crippen molar-refractivity contribution in [1.29, 1.82) is 0 Å². The fourth-order valence-corrected chi connectivity index (χ4v) is 3.55. The first-order valence-corrected chi connectivity index (χ1v) is 11.5. The number of nitrogens with two attached hydrogens (primary N) is 1. The standard InChI is InChI=1S/C23H39NOS2/c1-18(2)9-6-10-19(3)11-7-12-20(4)13-8-14-21(5)15-16-27-23(25)22(24)17-26/h9,11,13,15,22,26H,6-8,10,12,14,16-17,24H2,1-5H3/b19-11+,20-13+,21-15+/t22-/m0/s1. The van der Waals surface area contributed by atoms with Gasteiger partial charge in [-0.3, -0.25) is 4.79 Å². The van der Waals surface area contributed by atoms with Gasteiger partial charge >= 0.3 is 0 Å². The van der Waals surface area contributed by atoms with Crippen LogP contribution >= 0.6 is 24.4 Å². The maximum absolute atomic E-state index is 11.6. The monoisotopic (exact) mass is 409 g/mol. The van der Waals surface area contributed by atoms with Gasteiger partial charge in [0, 0.05) is 11.5 Å². The molecule has 2 N–H and O–H groups in total. The van der Waals surface area contributed by atoms with Gasteiger partial charge in [-0.1, -0.05) is 58.4 Å². The normalized spacial score (nSPS) is 14.3. The summed E-state index contributed by atoms with van der Waals surface area (Å²) in [5, 5.41) is 0.0222. The van der Waals surface area contributed by atoms with Crippen molar-refractivity contribution in [3.05, 3.63) is 46.6 Å². The maximum atomic E-state index is 11.6. The van der Waals surface area contributed by atoms with Crippen molar-refractivity contribution in [3.8, 4) is 0 Å². The Bertz CT molecular complexity index is 555. The van der Waals surface area contributed by atoms with Crippen LogP contribution in [0.1, 0.15) is 73.1 Å². The van der Waals surface area contributed by atoms with Gasteiger partial charge in [-0.25, -0.2) is 0 Å². The predicted octanol–water partition coefficient (Wildman–Crippen LogP) is 6.65. The third-order valence-corrected chi connectivity index (χ3v) is 5.63. The first kappa shape index (κ1) is 26.3. The van der Waals surface area contributed by atoms with E-state index in [2.05, 4.69) is 71.6 Å². The molecule has 0 saturated heterocycles. The first-order chi connectivity index (χ1) is 12.8. The van der Waals surface area contributed by atoms with E-state index in [-0.39, 0.29) is 5.12 Å². The SMILES string of the molecule is CC(C)=CCC/C(C)=C/CC/C(C)=C/CC/C(C)=C/CSC(=O)[C@@H](N)CS. The molecule has 0 aromatic heterocycles. The number of rotatable bonds is 13. The summed E-state index contributed by atoms with van der Waals surface area (Å²) in [6.45, 7) is 10.9. The van der Waals surface area contributed by atoms with E-state index in [0.717, 1.165) is 38.5 Å². The van der Waals surface area contributed by atoms with Crippen molar-refractivity contribution in [2.45, 2.75) is 79.2 Å². The van der Waals surface area contributed by atoms with Crippen molar-refractivity contribution >= 4 is 29.5 Å². The summed E-state index contributed by atoms with van der Waals surface area (Å²) in [7, 11) is 0. The fraction of sp³-hybridized carbons (Fsp3) is 0.609. The van der Waals surface area contributed by atoms with Crippen molar-refractivity contribution in [3.63, 3.8) is 0 Å². The molecule has 0 aliphatic carbocycles. The largest absolute Gasteiger partial charge is 0.320 e. The molecule has 0 aliphatic rings. The quantitative estimate of drug-likeness (QED) is 0.264. The van der Waals surface area contributed by atoms with Gasteiger partial charge in [-0.2, -0.15) is 12.6 Å². The molecule has 0 aliphatic heterocycles. The minimum Gasteiger partial charge on any atom is -0.320 e. The second-order valence-electron chi connectivity index (χ2n) is 7.47. The Hall–Kier alpha value is -0.710. The third kappa shape index (κ3) is 16.0. The summed E-state index contributed by atoms with van der Waals surface area (Å²) in [6.07, 6.45) is 15.8. The van der Waals surface area contributed by atoms with E-state index in [4.69, 9.17) is 5.73 Å². The molecular formula is C23H39NOS2. The zero-order valence-corrected chi connectivity index (χ0v) is 19.6. The Balaban J connectivity index is 4.05. The number of hydrogen-bond acceptors (Lipinski definition) is 4. The molecule has 0 rings (SSSR count). The van der Waals surface area contributed by atoms with Crippen LogP contribution in [0.15, 0.2) is 46.6 Å². The van der Waals surface area contributed by atoms with Crippen molar-refractivity contribution in [2.75, 3.05) is 11.5 Å². The van der Waals surface area contributed by atoms with Crippen molar-refractivity contribution in [2.24, 2.45) is 5.73 Å². The average molecular weight is 410 g/mol. The van der Waals surface area contributed by atoms with Crippen LogP contribution in [-0.2, 0) is 4.79 Å². The highest BCUT2D eigenvalue weighted by Gasteiger charge is 2.10. The summed E-state index contributed by atoms with van der Waals surface area (Å²) in [5.41, 5.74) is 11.3. The minimum absolute atomic E-state index is 0.0222. The fourth-order valence-electron chi connectivity index (χ4n) is 2.43. The van der Waals surface area contributed by atoms with E-state index in [1.165, 1.54) is 34.1 Å². The third-order valence-electron chi connectivity index (χ3n) is 4.31.